The van der Waals surface area contributed by atoms with Gasteiger partial charge in [-0.25, -0.2) is 4.98 Å². The first kappa shape index (κ1) is 13.6. The molecule has 0 bridgehead atoms. The fourth-order valence-electron chi connectivity index (χ4n) is 1.16. The molecule has 1 aromatic rings. The highest BCUT2D eigenvalue weighted by Gasteiger charge is 2.29. The summed E-state index contributed by atoms with van der Waals surface area (Å²) in [5.74, 6) is 0.716. The van der Waals surface area contributed by atoms with Gasteiger partial charge in [-0.1, -0.05) is 13.8 Å². The van der Waals surface area contributed by atoms with Crippen molar-refractivity contribution < 1.29 is 9.90 Å². The smallest absolute Gasteiger partial charge is 0.293 e. The van der Waals surface area contributed by atoms with Crippen molar-refractivity contribution in [2.45, 2.75) is 39.2 Å². The number of hydrogen-bond acceptors (Lipinski definition) is 4. The minimum Gasteiger partial charge on any atom is -0.394 e. The van der Waals surface area contributed by atoms with Crippen LogP contribution >= 0.6 is 0 Å². The molecule has 1 aromatic heterocycles. The lowest BCUT2D eigenvalue weighted by atomic mass is 10.1. The standard InChI is InChI=1S/C11H20N4O2/c1-7(2)8-12-9(14-13-8)10(17)15(5)11(3,4)6-16/h7,16H,6H2,1-5H3,(H,12,13,14). The van der Waals surface area contributed by atoms with E-state index in [2.05, 4.69) is 15.2 Å². The highest BCUT2D eigenvalue weighted by molar-refractivity contribution is 5.90. The van der Waals surface area contributed by atoms with E-state index in [9.17, 15) is 9.90 Å². The number of aromatic nitrogens is 3. The molecule has 0 atom stereocenters. The number of H-pyrrole nitrogens is 1. The lowest BCUT2D eigenvalue weighted by Gasteiger charge is -2.32. The Balaban J connectivity index is 2.89. The normalized spacial score (nSPS) is 11.9. The van der Waals surface area contributed by atoms with Crippen molar-refractivity contribution in [1.29, 1.82) is 0 Å². The molecule has 96 valence electrons. The Morgan fingerprint density at radius 3 is 2.53 bits per heavy atom. The molecule has 1 amide bonds. The molecule has 0 spiro atoms. The average molecular weight is 240 g/mol. The van der Waals surface area contributed by atoms with Crippen molar-refractivity contribution in [3.63, 3.8) is 0 Å². The predicted molar refractivity (Wildman–Crippen MR) is 63.7 cm³/mol. The van der Waals surface area contributed by atoms with Gasteiger partial charge in [0.1, 0.15) is 5.82 Å². The maximum absolute atomic E-state index is 12.1. The molecule has 0 aliphatic carbocycles. The molecule has 0 fully saturated rings. The highest BCUT2D eigenvalue weighted by atomic mass is 16.3. The Hall–Kier alpha value is -1.43. The third kappa shape index (κ3) is 2.82. The van der Waals surface area contributed by atoms with Gasteiger partial charge in [0.15, 0.2) is 0 Å². The number of carbonyl (C=O) groups is 1. The van der Waals surface area contributed by atoms with E-state index < -0.39 is 5.54 Å². The third-order valence-corrected chi connectivity index (χ3v) is 2.84. The molecule has 0 unspecified atom stereocenters. The third-order valence-electron chi connectivity index (χ3n) is 2.84. The number of aliphatic hydroxyl groups is 1. The molecule has 0 aliphatic rings. The maximum atomic E-state index is 12.1. The SMILES string of the molecule is CC(C)c1nc(C(=O)N(C)C(C)(C)CO)n[nH]1. The van der Waals surface area contributed by atoms with Gasteiger partial charge in [-0.3, -0.25) is 9.89 Å². The average Bonchev–Trinajstić information content (AvgIpc) is 2.76. The Kier molecular flexibility index (Phi) is 3.87. The summed E-state index contributed by atoms with van der Waals surface area (Å²) in [6.45, 7) is 7.38. The van der Waals surface area contributed by atoms with Crippen LogP contribution in [0, 0.1) is 0 Å². The minimum absolute atomic E-state index is 0.114. The molecule has 1 rings (SSSR count). The lowest BCUT2D eigenvalue weighted by Crippen LogP contribution is -2.48. The second-order valence-corrected chi connectivity index (χ2v) is 5.03. The number of aromatic amines is 1. The van der Waals surface area contributed by atoms with Crippen LogP contribution in [0.1, 0.15) is 50.1 Å². The van der Waals surface area contributed by atoms with Gasteiger partial charge in [0.25, 0.3) is 5.91 Å². The number of hydrogen-bond donors (Lipinski definition) is 2. The Morgan fingerprint density at radius 1 is 1.53 bits per heavy atom. The summed E-state index contributed by atoms with van der Waals surface area (Å²) in [6, 6.07) is 0. The second kappa shape index (κ2) is 4.83. The van der Waals surface area contributed by atoms with Crippen LogP contribution < -0.4 is 0 Å². The molecule has 2 N–H and O–H groups in total. The zero-order valence-electron chi connectivity index (χ0n) is 11.0. The van der Waals surface area contributed by atoms with Gasteiger partial charge >= 0.3 is 0 Å². The monoisotopic (exact) mass is 240 g/mol. The summed E-state index contributed by atoms with van der Waals surface area (Å²) in [6.07, 6.45) is 0. The zero-order valence-corrected chi connectivity index (χ0v) is 11.0. The van der Waals surface area contributed by atoms with E-state index in [-0.39, 0.29) is 24.3 Å². The van der Waals surface area contributed by atoms with Gasteiger partial charge in [-0.2, -0.15) is 0 Å². The molecule has 0 saturated heterocycles. The summed E-state index contributed by atoms with van der Waals surface area (Å²) >= 11 is 0. The summed E-state index contributed by atoms with van der Waals surface area (Å²) in [5.41, 5.74) is -0.629. The van der Waals surface area contributed by atoms with Gasteiger partial charge in [-0.15, -0.1) is 5.10 Å². The van der Waals surface area contributed by atoms with Crippen molar-refractivity contribution in [1.82, 2.24) is 20.1 Å². The Labute approximate surface area is 101 Å². The summed E-state index contributed by atoms with van der Waals surface area (Å²) < 4.78 is 0. The number of carbonyl (C=O) groups excluding carboxylic acids is 1. The summed E-state index contributed by atoms with van der Waals surface area (Å²) in [5, 5.41) is 15.8. The van der Waals surface area contributed by atoms with Crippen LogP contribution in [0.2, 0.25) is 0 Å². The van der Waals surface area contributed by atoms with E-state index in [0.717, 1.165) is 0 Å². The quantitative estimate of drug-likeness (QED) is 0.814. The minimum atomic E-state index is -0.629. The van der Waals surface area contributed by atoms with E-state index in [0.29, 0.717) is 5.82 Å². The highest BCUT2D eigenvalue weighted by Crippen LogP contribution is 2.14. The summed E-state index contributed by atoms with van der Waals surface area (Å²) in [7, 11) is 1.63. The maximum Gasteiger partial charge on any atom is 0.293 e. The van der Waals surface area contributed by atoms with Crippen molar-refractivity contribution >= 4 is 5.91 Å². The Morgan fingerprint density at radius 2 is 2.12 bits per heavy atom. The number of amides is 1. The molecule has 17 heavy (non-hydrogen) atoms. The van der Waals surface area contributed by atoms with Crippen LogP contribution in [0.15, 0.2) is 0 Å². The van der Waals surface area contributed by atoms with Crippen molar-refractivity contribution in [3.8, 4) is 0 Å². The van der Waals surface area contributed by atoms with E-state index in [1.165, 1.54) is 4.90 Å². The van der Waals surface area contributed by atoms with Gasteiger partial charge < -0.3 is 10.0 Å². The van der Waals surface area contributed by atoms with Crippen LogP contribution in [0.5, 0.6) is 0 Å². The van der Waals surface area contributed by atoms with Crippen LogP contribution in [-0.4, -0.2) is 50.3 Å². The zero-order chi connectivity index (χ0) is 13.2. The fraction of sp³-hybridized carbons (Fsp3) is 0.727. The topological polar surface area (TPSA) is 82.1 Å². The number of likely N-dealkylation sites (N-methyl/N-ethyl adjacent to an activating group) is 1. The van der Waals surface area contributed by atoms with E-state index in [4.69, 9.17) is 0 Å². The molecule has 0 aromatic carbocycles. The van der Waals surface area contributed by atoms with E-state index in [1.807, 2.05) is 13.8 Å². The molecule has 0 saturated carbocycles. The predicted octanol–water partition coefficient (Wildman–Crippen LogP) is 0.771. The number of aliphatic hydroxyl groups excluding tert-OH is 1. The van der Waals surface area contributed by atoms with Crippen LogP contribution in [0.25, 0.3) is 0 Å². The first-order valence-corrected chi connectivity index (χ1v) is 5.61. The van der Waals surface area contributed by atoms with E-state index >= 15 is 0 Å². The number of rotatable bonds is 4. The lowest BCUT2D eigenvalue weighted by molar-refractivity contribution is 0.0462. The van der Waals surface area contributed by atoms with Gasteiger partial charge in [0.05, 0.1) is 12.1 Å². The van der Waals surface area contributed by atoms with Crippen LogP contribution in [0.3, 0.4) is 0 Å². The Bertz CT molecular complexity index is 398. The van der Waals surface area contributed by atoms with Gasteiger partial charge in [0.2, 0.25) is 5.82 Å². The van der Waals surface area contributed by atoms with Crippen molar-refractivity contribution in [2.24, 2.45) is 0 Å². The molecule has 6 heteroatoms. The largest absolute Gasteiger partial charge is 0.394 e. The molecule has 6 nitrogen and oxygen atoms in total. The van der Waals surface area contributed by atoms with Gasteiger partial charge in [0, 0.05) is 13.0 Å². The van der Waals surface area contributed by atoms with Crippen LogP contribution in [-0.2, 0) is 0 Å². The molecular weight excluding hydrogens is 220 g/mol. The summed E-state index contributed by atoms with van der Waals surface area (Å²) in [4.78, 5) is 17.6. The van der Waals surface area contributed by atoms with Crippen molar-refractivity contribution in [3.05, 3.63) is 11.6 Å². The van der Waals surface area contributed by atoms with Gasteiger partial charge in [-0.05, 0) is 13.8 Å². The second-order valence-electron chi connectivity index (χ2n) is 5.03. The fourth-order valence-corrected chi connectivity index (χ4v) is 1.16. The first-order valence-electron chi connectivity index (χ1n) is 5.61. The number of nitrogens with zero attached hydrogens (tertiary/aromatic N) is 3. The molecule has 0 radical (unpaired) electrons. The molecule has 0 aliphatic heterocycles. The van der Waals surface area contributed by atoms with Crippen molar-refractivity contribution in [2.75, 3.05) is 13.7 Å². The van der Waals surface area contributed by atoms with E-state index in [1.54, 1.807) is 20.9 Å². The van der Waals surface area contributed by atoms with Crippen LogP contribution in [0.4, 0.5) is 0 Å². The molecular formula is C11H20N4O2. The first-order chi connectivity index (χ1) is 7.79. The molecule has 1 heterocycles. The number of nitrogens with one attached hydrogen (secondary N) is 1.